The van der Waals surface area contributed by atoms with Gasteiger partial charge in [-0.2, -0.15) is 0 Å². The van der Waals surface area contributed by atoms with Crippen molar-refractivity contribution in [3.63, 3.8) is 0 Å². The summed E-state index contributed by atoms with van der Waals surface area (Å²) in [7, 11) is 1.64. The summed E-state index contributed by atoms with van der Waals surface area (Å²) in [6.07, 6.45) is 2.09. The largest absolute Gasteiger partial charge is 0.383 e. The van der Waals surface area contributed by atoms with E-state index in [2.05, 4.69) is 10.3 Å². The van der Waals surface area contributed by atoms with Gasteiger partial charge in [-0.05, 0) is 12.1 Å². The van der Waals surface area contributed by atoms with Crippen LogP contribution >= 0.6 is 0 Å². The van der Waals surface area contributed by atoms with Crippen LogP contribution in [0.15, 0.2) is 24.4 Å². The molecule has 2 heterocycles. The van der Waals surface area contributed by atoms with Crippen LogP contribution in [0.25, 0.3) is 0 Å². The average Bonchev–Trinajstić information content (AvgIpc) is 2.53. The van der Waals surface area contributed by atoms with E-state index in [4.69, 9.17) is 9.47 Å². The number of carbonyl (C=O) groups is 1. The van der Waals surface area contributed by atoms with E-state index in [1.165, 1.54) is 0 Å². The molecule has 1 aliphatic heterocycles. The Morgan fingerprint density at radius 3 is 3.14 bits per heavy atom. The molecule has 0 aromatic carbocycles. The van der Waals surface area contributed by atoms with E-state index in [1.807, 2.05) is 18.2 Å². The number of amides is 1. The Labute approximate surface area is 125 Å². The number of hydrogen-bond donors (Lipinski definition) is 1. The maximum atomic E-state index is 12.5. The van der Waals surface area contributed by atoms with E-state index in [9.17, 15) is 4.79 Å². The molecule has 21 heavy (non-hydrogen) atoms. The second-order valence-electron chi connectivity index (χ2n) is 5.03. The maximum absolute atomic E-state index is 12.5. The van der Waals surface area contributed by atoms with Crippen molar-refractivity contribution in [3.8, 4) is 0 Å². The van der Waals surface area contributed by atoms with Crippen LogP contribution < -0.4 is 5.32 Å². The van der Waals surface area contributed by atoms with E-state index in [-0.39, 0.29) is 12.0 Å². The number of hydrogen-bond acceptors (Lipinski definition) is 5. The molecule has 1 unspecified atom stereocenters. The van der Waals surface area contributed by atoms with Crippen LogP contribution in [0.1, 0.15) is 12.1 Å². The molecule has 1 amide bonds. The van der Waals surface area contributed by atoms with Crippen molar-refractivity contribution < 1.29 is 14.3 Å². The van der Waals surface area contributed by atoms with Crippen molar-refractivity contribution in [1.82, 2.24) is 15.2 Å². The summed E-state index contributed by atoms with van der Waals surface area (Å²) in [5.74, 6) is 0.0754. The normalized spacial score (nSPS) is 18.4. The van der Waals surface area contributed by atoms with Crippen molar-refractivity contribution in [1.29, 1.82) is 0 Å². The molecule has 2 rings (SSSR count). The number of nitrogens with zero attached hydrogens (tertiary/aromatic N) is 2. The summed E-state index contributed by atoms with van der Waals surface area (Å²) < 4.78 is 10.7. The Kier molecular flexibility index (Phi) is 6.59. The SMILES string of the molecule is COCCN(Cc1ccccn1)C(=O)CC1CNCCO1. The number of aromatic nitrogens is 1. The third-order valence-corrected chi connectivity index (χ3v) is 3.40. The van der Waals surface area contributed by atoms with Gasteiger partial charge in [0.15, 0.2) is 0 Å². The zero-order valence-electron chi connectivity index (χ0n) is 12.5. The molecule has 6 heteroatoms. The fraction of sp³-hybridized carbons (Fsp3) is 0.600. The molecule has 0 aliphatic carbocycles. The van der Waals surface area contributed by atoms with Gasteiger partial charge in [0.05, 0.1) is 38.0 Å². The third-order valence-electron chi connectivity index (χ3n) is 3.40. The summed E-state index contributed by atoms with van der Waals surface area (Å²) in [6.45, 7) is 3.83. The van der Waals surface area contributed by atoms with Crippen molar-refractivity contribution >= 4 is 5.91 Å². The zero-order valence-corrected chi connectivity index (χ0v) is 12.5. The van der Waals surface area contributed by atoms with Crippen molar-refractivity contribution in [2.75, 3.05) is 40.0 Å². The van der Waals surface area contributed by atoms with E-state index < -0.39 is 0 Å². The highest BCUT2D eigenvalue weighted by molar-refractivity contribution is 5.76. The molecule has 0 saturated carbocycles. The van der Waals surface area contributed by atoms with Crippen LogP contribution in [0, 0.1) is 0 Å². The topological polar surface area (TPSA) is 63.7 Å². The number of rotatable bonds is 7. The van der Waals surface area contributed by atoms with Gasteiger partial charge in [0.25, 0.3) is 0 Å². The van der Waals surface area contributed by atoms with Gasteiger partial charge in [0.2, 0.25) is 5.91 Å². The molecule has 1 atom stereocenters. The van der Waals surface area contributed by atoms with E-state index in [0.717, 1.165) is 18.8 Å². The van der Waals surface area contributed by atoms with Gasteiger partial charge in [-0.25, -0.2) is 0 Å². The van der Waals surface area contributed by atoms with Gasteiger partial charge >= 0.3 is 0 Å². The van der Waals surface area contributed by atoms with Gasteiger partial charge in [0, 0.05) is 32.9 Å². The van der Waals surface area contributed by atoms with Gasteiger partial charge in [0.1, 0.15) is 0 Å². The first-order valence-electron chi connectivity index (χ1n) is 7.28. The third kappa shape index (κ3) is 5.41. The second kappa shape index (κ2) is 8.71. The van der Waals surface area contributed by atoms with Gasteiger partial charge in [-0.3, -0.25) is 9.78 Å². The van der Waals surface area contributed by atoms with E-state index in [1.54, 1.807) is 18.2 Å². The Bertz CT molecular complexity index is 421. The Morgan fingerprint density at radius 1 is 1.57 bits per heavy atom. The van der Waals surface area contributed by atoms with Crippen molar-refractivity contribution in [2.45, 2.75) is 19.1 Å². The van der Waals surface area contributed by atoms with Crippen LogP contribution in [0.2, 0.25) is 0 Å². The lowest BCUT2D eigenvalue weighted by Crippen LogP contribution is -2.43. The predicted molar refractivity (Wildman–Crippen MR) is 78.8 cm³/mol. The van der Waals surface area contributed by atoms with Crippen molar-refractivity contribution in [2.24, 2.45) is 0 Å². The summed E-state index contributed by atoms with van der Waals surface area (Å²) in [6, 6.07) is 5.72. The lowest BCUT2D eigenvalue weighted by atomic mass is 10.2. The number of nitrogens with one attached hydrogen (secondary N) is 1. The molecular weight excluding hydrogens is 270 g/mol. The second-order valence-corrected chi connectivity index (χ2v) is 5.03. The molecule has 1 N–H and O–H groups in total. The number of methoxy groups -OCH3 is 1. The Balaban J connectivity index is 1.92. The minimum absolute atomic E-state index is 0.0416. The lowest BCUT2D eigenvalue weighted by Gasteiger charge is -2.27. The first kappa shape index (κ1) is 15.9. The molecule has 1 aromatic rings. The lowest BCUT2D eigenvalue weighted by molar-refractivity contribution is -0.136. The Hall–Kier alpha value is -1.50. The standard InChI is InChI=1S/C15H23N3O3/c1-20-9-7-18(12-13-4-2-3-5-17-13)15(19)10-14-11-16-6-8-21-14/h2-5,14,16H,6-12H2,1H3. The van der Waals surface area contributed by atoms with Crippen LogP contribution in [0.5, 0.6) is 0 Å². The van der Waals surface area contributed by atoms with Gasteiger partial charge in [-0.1, -0.05) is 6.07 Å². The summed E-state index contributed by atoms with van der Waals surface area (Å²) in [5.41, 5.74) is 0.879. The fourth-order valence-corrected chi connectivity index (χ4v) is 2.26. The van der Waals surface area contributed by atoms with E-state index >= 15 is 0 Å². The summed E-state index contributed by atoms with van der Waals surface area (Å²) in [5, 5.41) is 3.24. The van der Waals surface area contributed by atoms with Crippen LogP contribution in [0.4, 0.5) is 0 Å². The molecule has 0 radical (unpaired) electrons. The van der Waals surface area contributed by atoms with Crippen molar-refractivity contribution in [3.05, 3.63) is 30.1 Å². The van der Waals surface area contributed by atoms with Gasteiger partial charge < -0.3 is 19.7 Å². The molecule has 1 aromatic heterocycles. The summed E-state index contributed by atoms with van der Waals surface area (Å²) in [4.78, 5) is 18.5. The highest BCUT2D eigenvalue weighted by atomic mass is 16.5. The molecule has 1 aliphatic rings. The maximum Gasteiger partial charge on any atom is 0.225 e. The first-order valence-corrected chi connectivity index (χ1v) is 7.28. The fourth-order valence-electron chi connectivity index (χ4n) is 2.26. The molecule has 1 fully saturated rings. The smallest absolute Gasteiger partial charge is 0.225 e. The predicted octanol–water partition coefficient (Wildman–Crippen LogP) is 0.435. The minimum Gasteiger partial charge on any atom is -0.383 e. The molecular formula is C15H23N3O3. The van der Waals surface area contributed by atoms with Gasteiger partial charge in [-0.15, -0.1) is 0 Å². The molecule has 1 saturated heterocycles. The highest BCUT2D eigenvalue weighted by Gasteiger charge is 2.21. The van der Waals surface area contributed by atoms with E-state index in [0.29, 0.717) is 32.7 Å². The molecule has 0 bridgehead atoms. The highest BCUT2D eigenvalue weighted by Crippen LogP contribution is 2.08. The summed E-state index contributed by atoms with van der Waals surface area (Å²) >= 11 is 0. The number of morpholine rings is 1. The molecule has 6 nitrogen and oxygen atoms in total. The first-order chi connectivity index (χ1) is 10.3. The quantitative estimate of drug-likeness (QED) is 0.790. The number of pyridine rings is 1. The molecule has 0 spiro atoms. The Morgan fingerprint density at radius 2 is 2.48 bits per heavy atom. The number of ether oxygens (including phenoxy) is 2. The monoisotopic (exact) mass is 293 g/mol. The minimum atomic E-state index is -0.0416. The van der Waals surface area contributed by atoms with Crippen LogP contribution in [-0.4, -0.2) is 61.9 Å². The number of carbonyl (C=O) groups excluding carboxylic acids is 1. The van der Waals surface area contributed by atoms with Crippen LogP contribution in [-0.2, 0) is 20.8 Å². The zero-order chi connectivity index (χ0) is 14.9. The average molecular weight is 293 g/mol. The van der Waals surface area contributed by atoms with Crippen LogP contribution in [0.3, 0.4) is 0 Å². The molecule has 116 valence electrons.